The van der Waals surface area contributed by atoms with E-state index in [2.05, 4.69) is 29.4 Å². The van der Waals surface area contributed by atoms with Crippen LogP contribution in [0.1, 0.15) is 18.2 Å². The normalized spacial score (nSPS) is 13.2. The maximum absolute atomic E-state index is 6.23. The second-order valence-electron chi connectivity index (χ2n) is 4.53. The summed E-state index contributed by atoms with van der Waals surface area (Å²) >= 11 is 6.23. The van der Waals surface area contributed by atoms with Crippen molar-refractivity contribution in [3.8, 4) is 0 Å². The number of nitrogens with zero attached hydrogens (tertiary/aromatic N) is 3. The number of aromatic nitrogens is 2. The molecule has 0 aliphatic rings. The number of methoxy groups -OCH3 is 1. The Morgan fingerprint density at radius 3 is 2.83 bits per heavy atom. The molecule has 5 nitrogen and oxygen atoms in total. The van der Waals surface area contributed by atoms with Crippen molar-refractivity contribution in [2.75, 3.05) is 41.4 Å². The highest BCUT2D eigenvalue weighted by Gasteiger charge is 2.18. The average molecular weight is 275 g/mol. The SMILES string of the molecule is CNC(CCN(C)C)c1c(Cl)cnn1CCOC. The predicted octanol–water partition coefficient (Wildman–Crippen LogP) is 1.40. The third-order valence-electron chi connectivity index (χ3n) is 2.88. The minimum absolute atomic E-state index is 0.208. The van der Waals surface area contributed by atoms with Crippen molar-refractivity contribution >= 4 is 11.6 Å². The van der Waals surface area contributed by atoms with Crippen LogP contribution in [0.2, 0.25) is 5.02 Å². The number of hydrogen-bond acceptors (Lipinski definition) is 4. The molecule has 0 aliphatic heterocycles. The molecule has 0 saturated carbocycles. The van der Waals surface area contributed by atoms with Crippen LogP contribution in [-0.4, -0.2) is 56.1 Å². The summed E-state index contributed by atoms with van der Waals surface area (Å²) in [4.78, 5) is 2.16. The van der Waals surface area contributed by atoms with Gasteiger partial charge in [-0.25, -0.2) is 0 Å². The maximum atomic E-state index is 6.23. The molecule has 0 spiro atoms. The van der Waals surface area contributed by atoms with Crippen molar-refractivity contribution < 1.29 is 4.74 Å². The minimum Gasteiger partial charge on any atom is -0.383 e. The Morgan fingerprint density at radius 2 is 2.28 bits per heavy atom. The van der Waals surface area contributed by atoms with Gasteiger partial charge in [-0.05, 0) is 34.1 Å². The van der Waals surface area contributed by atoms with E-state index in [-0.39, 0.29) is 6.04 Å². The van der Waals surface area contributed by atoms with Crippen LogP contribution in [0.4, 0.5) is 0 Å². The van der Waals surface area contributed by atoms with Gasteiger partial charge < -0.3 is 15.0 Å². The zero-order valence-corrected chi connectivity index (χ0v) is 12.4. The summed E-state index contributed by atoms with van der Waals surface area (Å²) in [7, 11) is 7.77. The Balaban J connectivity index is 2.79. The summed E-state index contributed by atoms with van der Waals surface area (Å²) in [6.45, 7) is 2.35. The molecular formula is C12H23ClN4O. The molecule has 0 amide bonds. The Kier molecular flexibility index (Phi) is 6.63. The van der Waals surface area contributed by atoms with Gasteiger partial charge in [-0.2, -0.15) is 5.10 Å². The van der Waals surface area contributed by atoms with Gasteiger partial charge in [0.1, 0.15) is 0 Å². The highest BCUT2D eigenvalue weighted by Crippen LogP contribution is 2.25. The first-order valence-corrected chi connectivity index (χ1v) is 6.50. The smallest absolute Gasteiger partial charge is 0.0834 e. The summed E-state index contributed by atoms with van der Waals surface area (Å²) in [6.07, 6.45) is 2.69. The van der Waals surface area contributed by atoms with E-state index in [1.807, 2.05) is 11.7 Å². The Bertz CT molecular complexity index is 354. The van der Waals surface area contributed by atoms with Gasteiger partial charge >= 0.3 is 0 Å². The fourth-order valence-corrected chi connectivity index (χ4v) is 2.15. The highest BCUT2D eigenvalue weighted by atomic mass is 35.5. The van der Waals surface area contributed by atoms with Crippen molar-refractivity contribution in [2.24, 2.45) is 0 Å². The van der Waals surface area contributed by atoms with Crippen LogP contribution in [0, 0.1) is 0 Å². The molecule has 1 N–H and O–H groups in total. The van der Waals surface area contributed by atoms with E-state index in [0.717, 1.165) is 25.2 Å². The molecule has 0 radical (unpaired) electrons. The van der Waals surface area contributed by atoms with Crippen molar-refractivity contribution in [2.45, 2.75) is 19.0 Å². The van der Waals surface area contributed by atoms with Crippen molar-refractivity contribution in [1.82, 2.24) is 20.0 Å². The van der Waals surface area contributed by atoms with Crippen LogP contribution in [0.5, 0.6) is 0 Å². The van der Waals surface area contributed by atoms with Gasteiger partial charge in [0.15, 0.2) is 0 Å². The number of hydrogen-bond donors (Lipinski definition) is 1. The Morgan fingerprint density at radius 1 is 1.56 bits per heavy atom. The zero-order valence-electron chi connectivity index (χ0n) is 11.6. The molecule has 1 atom stereocenters. The molecule has 1 rings (SSSR count). The maximum Gasteiger partial charge on any atom is 0.0834 e. The van der Waals surface area contributed by atoms with Crippen LogP contribution < -0.4 is 5.32 Å². The van der Waals surface area contributed by atoms with Gasteiger partial charge in [0.2, 0.25) is 0 Å². The predicted molar refractivity (Wildman–Crippen MR) is 74.1 cm³/mol. The first-order valence-electron chi connectivity index (χ1n) is 6.12. The summed E-state index contributed by atoms with van der Waals surface area (Å²) in [5, 5.41) is 8.32. The van der Waals surface area contributed by atoms with E-state index in [1.54, 1.807) is 13.3 Å². The van der Waals surface area contributed by atoms with E-state index in [9.17, 15) is 0 Å². The van der Waals surface area contributed by atoms with Gasteiger partial charge in [0, 0.05) is 7.11 Å². The van der Waals surface area contributed by atoms with E-state index in [1.165, 1.54) is 0 Å². The molecule has 1 heterocycles. The lowest BCUT2D eigenvalue weighted by molar-refractivity contribution is 0.181. The molecule has 0 aromatic carbocycles. The zero-order chi connectivity index (χ0) is 13.5. The van der Waals surface area contributed by atoms with Gasteiger partial charge in [-0.3, -0.25) is 4.68 Å². The first-order chi connectivity index (χ1) is 8.60. The van der Waals surface area contributed by atoms with E-state index >= 15 is 0 Å². The van der Waals surface area contributed by atoms with Crippen LogP contribution in [0.25, 0.3) is 0 Å². The van der Waals surface area contributed by atoms with E-state index in [4.69, 9.17) is 16.3 Å². The molecule has 0 saturated heterocycles. The Hall–Kier alpha value is -0.620. The van der Waals surface area contributed by atoms with E-state index in [0.29, 0.717) is 11.6 Å². The van der Waals surface area contributed by atoms with Crippen LogP contribution in [0.3, 0.4) is 0 Å². The van der Waals surface area contributed by atoms with Crippen molar-refractivity contribution in [1.29, 1.82) is 0 Å². The molecule has 18 heavy (non-hydrogen) atoms. The topological polar surface area (TPSA) is 42.3 Å². The van der Waals surface area contributed by atoms with Crippen molar-refractivity contribution in [3.05, 3.63) is 16.9 Å². The van der Waals surface area contributed by atoms with Crippen LogP contribution in [0.15, 0.2) is 6.20 Å². The molecule has 1 aromatic rings. The molecule has 0 fully saturated rings. The highest BCUT2D eigenvalue weighted by molar-refractivity contribution is 6.31. The standard InChI is InChI=1S/C12H23ClN4O/c1-14-11(5-6-16(2)3)12-10(13)9-15-17(12)7-8-18-4/h9,11,14H,5-8H2,1-4H3. The molecule has 0 aliphatic carbocycles. The average Bonchev–Trinajstić information content (AvgIpc) is 2.69. The molecule has 0 bridgehead atoms. The summed E-state index contributed by atoms with van der Waals surface area (Å²) in [5.41, 5.74) is 1.04. The summed E-state index contributed by atoms with van der Waals surface area (Å²) in [6, 6.07) is 0.208. The summed E-state index contributed by atoms with van der Waals surface area (Å²) in [5.74, 6) is 0. The quantitative estimate of drug-likeness (QED) is 0.778. The molecule has 6 heteroatoms. The van der Waals surface area contributed by atoms with E-state index < -0.39 is 0 Å². The molecule has 1 unspecified atom stereocenters. The lowest BCUT2D eigenvalue weighted by atomic mass is 10.1. The van der Waals surface area contributed by atoms with Gasteiger partial charge in [-0.1, -0.05) is 11.6 Å². The molecule has 104 valence electrons. The number of nitrogens with one attached hydrogen (secondary N) is 1. The second kappa shape index (κ2) is 7.74. The fraction of sp³-hybridized carbons (Fsp3) is 0.750. The lowest BCUT2D eigenvalue weighted by Crippen LogP contribution is -2.26. The van der Waals surface area contributed by atoms with Gasteiger partial charge in [-0.15, -0.1) is 0 Å². The van der Waals surface area contributed by atoms with Gasteiger partial charge in [0.25, 0.3) is 0 Å². The van der Waals surface area contributed by atoms with Crippen LogP contribution >= 0.6 is 11.6 Å². The molecular weight excluding hydrogens is 252 g/mol. The van der Waals surface area contributed by atoms with Gasteiger partial charge in [0.05, 0.1) is 36.1 Å². The third kappa shape index (κ3) is 4.24. The third-order valence-corrected chi connectivity index (χ3v) is 3.18. The van der Waals surface area contributed by atoms with Crippen molar-refractivity contribution in [3.63, 3.8) is 0 Å². The molecule has 1 aromatic heterocycles. The first kappa shape index (κ1) is 15.4. The number of rotatable bonds is 8. The number of ether oxygens (including phenoxy) is 1. The van der Waals surface area contributed by atoms with Crippen LogP contribution in [-0.2, 0) is 11.3 Å². The largest absolute Gasteiger partial charge is 0.383 e. The lowest BCUT2D eigenvalue weighted by Gasteiger charge is -2.20. The Labute approximate surface area is 114 Å². The minimum atomic E-state index is 0.208. The fourth-order valence-electron chi connectivity index (χ4n) is 1.88. The second-order valence-corrected chi connectivity index (χ2v) is 4.93. The monoisotopic (exact) mass is 274 g/mol. The summed E-state index contributed by atoms with van der Waals surface area (Å²) < 4.78 is 7.01. The number of halogens is 1.